The molecule has 29 heavy (non-hydrogen) atoms. The fraction of sp³-hybridized carbons (Fsp3) is 0.167. The maximum absolute atomic E-state index is 13.6. The molecule has 3 aromatic carbocycles. The second kappa shape index (κ2) is 6.48. The Morgan fingerprint density at radius 1 is 0.966 bits per heavy atom. The molecule has 0 saturated carbocycles. The van der Waals surface area contributed by atoms with Crippen LogP contribution in [0.5, 0.6) is 0 Å². The number of amides is 2. The predicted octanol–water partition coefficient (Wildman–Crippen LogP) is 4.01. The van der Waals surface area contributed by atoms with E-state index in [0.717, 1.165) is 33.2 Å². The van der Waals surface area contributed by atoms with E-state index in [-0.39, 0.29) is 18.2 Å². The molecule has 2 amide bonds. The fourth-order valence-corrected chi connectivity index (χ4v) is 4.25. The van der Waals surface area contributed by atoms with Gasteiger partial charge in [-0.15, -0.1) is 0 Å². The Labute approximate surface area is 167 Å². The molecule has 144 valence electrons. The van der Waals surface area contributed by atoms with Crippen molar-refractivity contribution in [2.75, 3.05) is 18.5 Å². The number of anilines is 1. The van der Waals surface area contributed by atoms with Gasteiger partial charge < -0.3 is 14.6 Å². The number of nitrogens with one attached hydrogen (secondary N) is 1. The Morgan fingerprint density at radius 3 is 2.45 bits per heavy atom. The Bertz CT molecular complexity index is 1240. The van der Waals surface area contributed by atoms with E-state index in [2.05, 4.69) is 5.32 Å². The van der Waals surface area contributed by atoms with Gasteiger partial charge in [0.25, 0.3) is 0 Å². The molecule has 1 aliphatic rings. The fourth-order valence-electron chi connectivity index (χ4n) is 4.25. The second-order valence-electron chi connectivity index (χ2n) is 7.54. The van der Waals surface area contributed by atoms with Crippen molar-refractivity contribution in [3.63, 3.8) is 0 Å². The minimum Gasteiger partial charge on any atom is -0.456 e. The molecule has 4 aromatic rings. The number of hydrogen-bond donors (Lipinski definition) is 1. The number of furan rings is 1. The molecule has 5 rings (SSSR count). The first-order valence-electron chi connectivity index (χ1n) is 9.60. The van der Waals surface area contributed by atoms with Crippen LogP contribution >= 0.6 is 0 Å². The molecule has 5 heteroatoms. The van der Waals surface area contributed by atoms with Gasteiger partial charge in [0.1, 0.15) is 16.6 Å². The summed E-state index contributed by atoms with van der Waals surface area (Å²) in [6.07, 6.45) is 0.146. The summed E-state index contributed by atoms with van der Waals surface area (Å²) >= 11 is 0. The summed E-state index contributed by atoms with van der Waals surface area (Å²) in [6, 6.07) is 23.2. The summed E-state index contributed by atoms with van der Waals surface area (Å²) in [4.78, 5) is 27.3. The van der Waals surface area contributed by atoms with Gasteiger partial charge in [0.05, 0.1) is 0 Å². The normalized spacial score (nSPS) is 18.9. The molecule has 0 radical (unpaired) electrons. The molecule has 0 spiro atoms. The monoisotopic (exact) mass is 384 g/mol. The Morgan fingerprint density at radius 2 is 1.69 bits per heavy atom. The number of benzene rings is 3. The molecular weight excluding hydrogens is 364 g/mol. The maximum Gasteiger partial charge on any atom is 0.239 e. The lowest BCUT2D eigenvalue weighted by molar-refractivity contribution is -0.125. The average Bonchev–Trinajstić information content (AvgIpc) is 3.34. The number of carbonyl (C=O) groups is 2. The highest BCUT2D eigenvalue weighted by Gasteiger charge is 2.48. The van der Waals surface area contributed by atoms with E-state index >= 15 is 0 Å². The van der Waals surface area contributed by atoms with E-state index < -0.39 is 5.41 Å². The molecule has 2 heterocycles. The number of rotatable bonds is 3. The standard InChI is InChI=1S/C24H20N2O3/c1-26(17-11-12-19-18-9-5-6-10-20(18)29-21(19)13-17)23(28)24(14-22(27)25-15-24)16-7-3-2-4-8-16/h2-13H,14-15H2,1H3,(H,25,27). The first kappa shape index (κ1) is 17.5. The van der Waals surface area contributed by atoms with Gasteiger partial charge in [-0.05, 0) is 23.8 Å². The molecular formula is C24H20N2O3. The highest BCUT2D eigenvalue weighted by Crippen LogP contribution is 2.36. The molecule has 1 atom stereocenters. The molecule has 1 aliphatic heterocycles. The summed E-state index contributed by atoms with van der Waals surface area (Å²) in [7, 11) is 1.75. The van der Waals surface area contributed by atoms with Gasteiger partial charge in [0.2, 0.25) is 11.8 Å². The molecule has 1 N–H and O–H groups in total. The van der Waals surface area contributed by atoms with E-state index in [4.69, 9.17) is 4.42 Å². The van der Waals surface area contributed by atoms with Crippen LogP contribution < -0.4 is 10.2 Å². The molecule has 1 saturated heterocycles. The van der Waals surface area contributed by atoms with Crippen LogP contribution in [0.3, 0.4) is 0 Å². The van der Waals surface area contributed by atoms with Crippen LogP contribution in [0.4, 0.5) is 5.69 Å². The number of para-hydroxylation sites is 1. The molecule has 1 aromatic heterocycles. The van der Waals surface area contributed by atoms with Gasteiger partial charge in [0, 0.05) is 42.5 Å². The van der Waals surface area contributed by atoms with Crippen molar-refractivity contribution in [3.8, 4) is 0 Å². The van der Waals surface area contributed by atoms with Gasteiger partial charge >= 0.3 is 0 Å². The van der Waals surface area contributed by atoms with E-state index in [1.54, 1.807) is 11.9 Å². The van der Waals surface area contributed by atoms with Crippen LogP contribution in [0.25, 0.3) is 21.9 Å². The molecule has 0 aliphatic carbocycles. The highest BCUT2D eigenvalue weighted by molar-refractivity contribution is 6.09. The second-order valence-corrected chi connectivity index (χ2v) is 7.54. The van der Waals surface area contributed by atoms with Crippen LogP contribution in [0.1, 0.15) is 12.0 Å². The van der Waals surface area contributed by atoms with Crippen molar-refractivity contribution in [1.82, 2.24) is 5.32 Å². The van der Waals surface area contributed by atoms with Gasteiger partial charge in [-0.1, -0.05) is 48.5 Å². The number of carbonyl (C=O) groups excluding carboxylic acids is 2. The third-order valence-corrected chi connectivity index (χ3v) is 5.84. The minimum absolute atomic E-state index is 0.108. The molecule has 5 nitrogen and oxygen atoms in total. The Hall–Kier alpha value is -3.60. The molecule has 0 bridgehead atoms. The van der Waals surface area contributed by atoms with Gasteiger partial charge in [-0.2, -0.15) is 0 Å². The minimum atomic E-state index is -0.907. The average molecular weight is 384 g/mol. The number of hydrogen-bond acceptors (Lipinski definition) is 3. The first-order chi connectivity index (χ1) is 14.1. The van der Waals surface area contributed by atoms with E-state index in [1.807, 2.05) is 72.8 Å². The number of nitrogens with zero attached hydrogens (tertiary/aromatic N) is 1. The van der Waals surface area contributed by atoms with E-state index in [0.29, 0.717) is 6.54 Å². The van der Waals surface area contributed by atoms with Crippen LogP contribution in [0.2, 0.25) is 0 Å². The van der Waals surface area contributed by atoms with Crippen molar-refractivity contribution in [3.05, 3.63) is 78.4 Å². The largest absolute Gasteiger partial charge is 0.456 e. The van der Waals surface area contributed by atoms with Gasteiger partial charge in [-0.3, -0.25) is 9.59 Å². The lowest BCUT2D eigenvalue weighted by Gasteiger charge is -2.31. The lowest BCUT2D eigenvalue weighted by atomic mass is 9.78. The zero-order valence-corrected chi connectivity index (χ0v) is 16.0. The predicted molar refractivity (Wildman–Crippen MR) is 113 cm³/mol. The number of likely N-dealkylation sites (N-methyl/N-ethyl adjacent to an activating group) is 1. The zero-order valence-electron chi connectivity index (χ0n) is 16.0. The van der Waals surface area contributed by atoms with Crippen molar-refractivity contribution in [1.29, 1.82) is 0 Å². The zero-order chi connectivity index (χ0) is 20.0. The summed E-state index contributed by atoms with van der Waals surface area (Å²) in [6.45, 7) is 0.298. The lowest BCUT2D eigenvalue weighted by Crippen LogP contribution is -2.47. The highest BCUT2D eigenvalue weighted by atomic mass is 16.3. The van der Waals surface area contributed by atoms with Gasteiger partial charge in [0.15, 0.2) is 0 Å². The summed E-state index contributed by atoms with van der Waals surface area (Å²) in [5.74, 6) is -0.221. The van der Waals surface area contributed by atoms with Crippen LogP contribution in [-0.2, 0) is 15.0 Å². The molecule has 1 fully saturated rings. The van der Waals surface area contributed by atoms with Crippen molar-refractivity contribution in [2.45, 2.75) is 11.8 Å². The smallest absolute Gasteiger partial charge is 0.239 e. The molecule has 1 unspecified atom stereocenters. The van der Waals surface area contributed by atoms with Crippen LogP contribution in [-0.4, -0.2) is 25.4 Å². The number of fused-ring (bicyclic) bond motifs is 3. The maximum atomic E-state index is 13.6. The van der Waals surface area contributed by atoms with Crippen molar-refractivity contribution in [2.24, 2.45) is 0 Å². The quantitative estimate of drug-likeness (QED) is 0.581. The SMILES string of the molecule is CN(C(=O)C1(c2ccccc2)CNC(=O)C1)c1ccc2c(c1)oc1ccccc12. The third kappa shape index (κ3) is 2.70. The summed E-state index contributed by atoms with van der Waals surface area (Å²) < 4.78 is 5.97. The van der Waals surface area contributed by atoms with E-state index in [1.165, 1.54) is 0 Å². The third-order valence-electron chi connectivity index (χ3n) is 5.84. The van der Waals surface area contributed by atoms with E-state index in [9.17, 15) is 9.59 Å². The summed E-state index contributed by atoms with van der Waals surface area (Å²) in [5.41, 5.74) is 2.23. The van der Waals surface area contributed by atoms with Crippen molar-refractivity contribution < 1.29 is 14.0 Å². The first-order valence-corrected chi connectivity index (χ1v) is 9.60. The topological polar surface area (TPSA) is 62.6 Å². The summed E-state index contributed by atoms with van der Waals surface area (Å²) in [5, 5.41) is 4.90. The van der Waals surface area contributed by atoms with Crippen molar-refractivity contribution >= 4 is 39.4 Å². The Balaban J connectivity index is 1.56. The van der Waals surface area contributed by atoms with Crippen LogP contribution in [0, 0.1) is 0 Å². The Kier molecular flexibility index (Phi) is 3.91. The van der Waals surface area contributed by atoms with Crippen LogP contribution in [0.15, 0.2) is 77.2 Å². The van der Waals surface area contributed by atoms with Gasteiger partial charge in [-0.25, -0.2) is 0 Å².